The Labute approximate surface area is 222 Å². The molecule has 3 aromatic rings. The van der Waals surface area contributed by atoms with Gasteiger partial charge in [0.25, 0.3) is 5.91 Å². The highest BCUT2D eigenvalue weighted by Crippen LogP contribution is 2.43. The number of halogens is 1. The fraction of sp³-hybridized carbons (Fsp3) is 0.357. The summed E-state index contributed by atoms with van der Waals surface area (Å²) in [5.41, 5.74) is 12.8. The number of ether oxygens (including phenoxy) is 1. The first-order valence-corrected chi connectivity index (χ1v) is 12.6. The molecule has 0 bridgehead atoms. The molecule has 0 spiro atoms. The Morgan fingerprint density at radius 3 is 2.65 bits per heavy atom. The maximum Gasteiger partial charge on any atom is 0.253 e. The molecule has 8 nitrogen and oxygen atoms in total. The third-order valence-electron chi connectivity index (χ3n) is 6.87. The normalized spacial score (nSPS) is 14.5. The van der Waals surface area contributed by atoms with Gasteiger partial charge in [-0.1, -0.05) is 36.2 Å². The molecule has 0 radical (unpaired) electrons. The summed E-state index contributed by atoms with van der Waals surface area (Å²) in [4.78, 5) is 23.1. The number of carbonyl (C=O) groups excluding carboxylic acids is 1. The summed E-state index contributed by atoms with van der Waals surface area (Å²) in [6.07, 6.45) is 9.07. The number of amides is 1. The number of methoxy groups -OCH3 is 1. The van der Waals surface area contributed by atoms with E-state index in [2.05, 4.69) is 23.0 Å². The third-order valence-corrected chi connectivity index (χ3v) is 7.26. The molecule has 1 atom stereocenters. The van der Waals surface area contributed by atoms with Crippen molar-refractivity contribution in [2.45, 2.75) is 46.6 Å². The van der Waals surface area contributed by atoms with Gasteiger partial charge in [0.05, 0.1) is 24.2 Å². The Morgan fingerprint density at radius 2 is 2.00 bits per heavy atom. The predicted molar refractivity (Wildman–Crippen MR) is 149 cm³/mol. The van der Waals surface area contributed by atoms with Crippen LogP contribution in [0.4, 0.5) is 5.82 Å². The van der Waals surface area contributed by atoms with Gasteiger partial charge in [0, 0.05) is 35.8 Å². The van der Waals surface area contributed by atoms with E-state index in [1.54, 1.807) is 26.1 Å². The van der Waals surface area contributed by atoms with Crippen LogP contribution < -0.4 is 10.5 Å². The molecule has 37 heavy (non-hydrogen) atoms. The monoisotopic (exact) mass is 520 g/mol. The van der Waals surface area contributed by atoms with Crippen LogP contribution in [0.2, 0.25) is 5.02 Å². The van der Waals surface area contributed by atoms with Crippen LogP contribution in [0.3, 0.4) is 0 Å². The summed E-state index contributed by atoms with van der Waals surface area (Å²) >= 11 is 6.84. The number of likely N-dealkylation sites (N-methyl/N-ethyl adjacent to an activating group) is 1. The van der Waals surface area contributed by atoms with E-state index in [0.717, 1.165) is 39.8 Å². The number of hydrogen-bond donors (Lipinski definition) is 1. The molecule has 2 aromatic heterocycles. The van der Waals surface area contributed by atoms with Gasteiger partial charge in [-0.15, -0.1) is 0 Å². The molecular formula is C28H33ClN6O2. The number of rotatable bonds is 6. The lowest BCUT2D eigenvalue weighted by Crippen LogP contribution is -2.22. The van der Waals surface area contributed by atoms with Crippen molar-refractivity contribution in [1.29, 1.82) is 0 Å². The molecule has 2 N–H and O–H groups in total. The molecule has 0 saturated carbocycles. The van der Waals surface area contributed by atoms with Crippen LogP contribution in [0.15, 0.2) is 41.8 Å². The number of benzene rings is 1. The summed E-state index contributed by atoms with van der Waals surface area (Å²) in [5.74, 6) is 1.02. The van der Waals surface area contributed by atoms with Gasteiger partial charge in [0.1, 0.15) is 17.9 Å². The van der Waals surface area contributed by atoms with Crippen molar-refractivity contribution in [3.63, 3.8) is 0 Å². The van der Waals surface area contributed by atoms with E-state index in [-0.39, 0.29) is 11.9 Å². The highest BCUT2D eigenvalue weighted by molar-refractivity contribution is 6.31. The largest absolute Gasteiger partial charge is 0.496 e. The van der Waals surface area contributed by atoms with E-state index < -0.39 is 0 Å². The summed E-state index contributed by atoms with van der Waals surface area (Å²) in [7, 11) is 5.17. The molecule has 1 aromatic carbocycles. The smallest absolute Gasteiger partial charge is 0.253 e. The molecule has 1 aliphatic rings. The van der Waals surface area contributed by atoms with Gasteiger partial charge in [0.15, 0.2) is 5.65 Å². The second kappa shape index (κ2) is 10.4. The van der Waals surface area contributed by atoms with Crippen LogP contribution in [0, 0.1) is 13.8 Å². The van der Waals surface area contributed by atoms with Crippen molar-refractivity contribution in [3.8, 4) is 5.75 Å². The van der Waals surface area contributed by atoms with Gasteiger partial charge in [0.2, 0.25) is 0 Å². The Bertz CT molecular complexity index is 1480. The number of carbonyl (C=O) groups is 1. The lowest BCUT2D eigenvalue weighted by atomic mass is 9.91. The van der Waals surface area contributed by atoms with Crippen LogP contribution in [0.25, 0.3) is 16.6 Å². The van der Waals surface area contributed by atoms with Crippen LogP contribution in [0.1, 0.15) is 55.1 Å². The van der Waals surface area contributed by atoms with E-state index in [9.17, 15) is 4.79 Å². The van der Waals surface area contributed by atoms with Gasteiger partial charge in [-0.2, -0.15) is 5.10 Å². The van der Waals surface area contributed by atoms with Crippen molar-refractivity contribution in [3.05, 3.63) is 69.2 Å². The summed E-state index contributed by atoms with van der Waals surface area (Å²) in [6.45, 7) is 7.99. The first kappa shape index (κ1) is 26.4. The number of nitrogens with zero attached hydrogens (tertiary/aromatic N) is 5. The fourth-order valence-corrected chi connectivity index (χ4v) is 4.99. The summed E-state index contributed by atoms with van der Waals surface area (Å²) < 4.78 is 7.89. The predicted octanol–water partition coefficient (Wildman–Crippen LogP) is 5.43. The number of anilines is 1. The van der Waals surface area contributed by atoms with Crippen molar-refractivity contribution in [2.75, 3.05) is 26.9 Å². The number of nitrogens with two attached hydrogens (primary N) is 1. The minimum absolute atomic E-state index is 0.0498. The van der Waals surface area contributed by atoms with Crippen molar-refractivity contribution in [2.24, 2.45) is 0 Å². The molecule has 0 fully saturated rings. The topological polar surface area (TPSA) is 99.2 Å². The van der Waals surface area contributed by atoms with Crippen LogP contribution in [-0.4, -0.2) is 51.8 Å². The molecule has 0 aliphatic heterocycles. The first-order chi connectivity index (χ1) is 17.6. The quantitative estimate of drug-likeness (QED) is 0.465. The molecule has 1 aliphatic carbocycles. The molecule has 194 valence electrons. The fourth-order valence-electron chi connectivity index (χ4n) is 4.78. The van der Waals surface area contributed by atoms with Crippen LogP contribution in [0.5, 0.6) is 5.75 Å². The number of hydrogen-bond acceptors (Lipinski definition) is 6. The van der Waals surface area contributed by atoms with Gasteiger partial charge in [-0.3, -0.25) is 4.79 Å². The van der Waals surface area contributed by atoms with E-state index in [1.807, 2.05) is 43.7 Å². The van der Waals surface area contributed by atoms with Crippen molar-refractivity contribution >= 4 is 39.9 Å². The van der Waals surface area contributed by atoms with Gasteiger partial charge in [-0.25, -0.2) is 14.6 Å². The van der Waals surface area contributed by atoms with E-state index in [1.165, 1.54) is 11.9 Å². The average Bonchev–Trinajstić information content (AvgIpc) is 3.07. The molecular weight excluding hydrogens is 488 g/mol. The maximum absolute atomic E-state index is 12.9. The van der Waals surface area contributed by atoms with Crippen molar-refractivity contribution < 1.29 is 9.53 Å². The average molecular weight is 521 g/mol. The van der Waals surface area contributed by atoms with E-state index >= 15 is 0 Å². The number of aromatic nitrogens is 4. The first-order valence-electron chi connectivity index (χ1n) is 12.2. The molecule has 4 rings (SSSR count). The van der Waals surface area contributed by atoms with Crippen LogP contribution in [-0.2, 0) is 4.79 Å². The number of aryl methyl sites for hydroxylation is 1. The number of fused-ring (bicyclic) bond motifs is 1. The summed E-state index contributed by atoms with van der Waals surface area (Å²) in [5, 5.41) is 6.07. The zero-order valence-electron chi connectivity index (χ0n) is 22.4. The Hall–Kier alpha value is -3.65. The Morgan fingerprint density at radius 1 is 1.27 bits per heavy atom. The van der Waals surface area contributed by atoms with E-state index in [0.29, 0.717) is 34.2 Å². The molecule has 0 saturated heterocycles. The van der Waals surface area contributed by atoms with Crippen LogP contribution >= 0.6 is 11.6 Å². The molecule has 1 unspecified atom stereocenters. The second-order valence-corrected chi connectivity index (χ2v) is 9.87. The molecule has 9 heteroatoms. The third kappa shape index (κ3) is 4.73. The maximum atomic E-state index is 12.9. The highest BCUT2D eigenvalue weighted by Gasteiger charge is 2.26. The van der Waals surface area contributed by atoms with Gasteiger partial charge in [-0.05, 0) is 56.9 Å². The standard InChI is InChI=1S/C28H33ClN6O2/c1-8-18-9-10-19(28(36)34(5)6)12-20(11-18)23-15(2)22(29)13-21(25(23)37-7)17(4)35-27-24(16(3)33-35)26(30)31-14-32-27/h10-14,17H,8-9H2,1-7H3,(H2,30,31,32). The molecule has 1 amide bonds. The zero-order chi connectivity index (χ0) is 27.0. The highest BCUT2D eigenvalue weighted by atomic mass is 35.5. The SMILES string of the molecule is CCC1=CC(c2c(C)c(Cl)cc(C(C)n3nc(C)c4c(N)ncnc43)c2OC)=CC(C(=O)N(C)C)=CC1. The Balaban J connectivity index is 1.96. The minimum atomic E-state index is -0.281. The molecule has 2 heterocycles. The minimum Gasteiger partial charge on any atom is -0.496 e. The van der Waals surface area contributed by atoms with Gasteiger partial charge >= 0.3 is 0 Å². The van der Waals surface area contributed by atoms with Gasteiger partial charge < -0.3 is 15.4 Å². The lowest BCUT2D eigenvalue weighted by Gasteiger charge is -2.23. The second-order valence-electron chi connectivity index (χ2n) is 9.46. The lowest BCUT2D eigenvalue weighted by molar-refractivity contribution is -0.124. The van der Waals surface area contributed by atoms with Crippen molar-refractivity contribution in [1.82, 2.24) is 24.6 Å². The zero-order valence-corrected chi connectivity index (χ0v) is 23.1. The summed E-state index contributed by atoms with van der Waals surface area (Å²) in [6, 6.07) is 1.64. The Kier molecular flexibility index (Phi) is 7.41. The number of nitrogen functional groups attached to an aromatic ring is 1. The number of allylic oxidation sites excluding steroid dienone is 4. The van der Waals surface area contributed by atoms with E-state index in [4.69, 9.17) is 27.2 Å².